The lowest BCUT2D eigenvalue weighted by Gasteiger charge is -2.11. The van der Waals surface area contributed by atoms with Crippen LogP contribution in [0, 0.1) is 0 Å². The quantitative estimate of drug-likeness (QED) is 0.706. The maximum absolute atomic E-state index is 5.81. The molecule has 1 saturated carbocycles. The van der Waals surface area contributed by atoms with Crippen LogP contribution in [0.3, 0.4) is 0 Å². The van der Waals surface area contributed by atoms with Crippen molar-refractivity contribution in [2.45, 2.75) is 31.7 Å². The number of fused-ring (bicyclic) bond motifs is 1. The van der Waals surface area contributed by atoms with E-state index in [9.17, 15) is 0 Å². The molecule has 0 atom stereocenters. The molecule has 2 heterocycles. The third-order valence-corrected chi connectivity index (χ3v) is 3.00. The minimum Gasteiger partial charge on any atom is -0.382 e. The van der Waals surface area contributed by atoms with Crippen LogP contribution in [0.2, 0.25) is 0 Å². The molecule has 2 aromatic rings. The standard InChI is InChI=1S/C10H14N6/c11-8-7-9(13-5-12-7)16-10(15-8)14-6-3-1-2-4-6/h5-6H,1-4H2,(H4,11,12,13,14,15,16). The third kappa shape index (κ3) is 1.56. The molecule has 0 amide bonds. The second-order valence-electron chi connectivity index (χ2n) is 4.16. The molecule has 0 radical (unpaired) electrons. The van der Waals surface area contributed by atoms with Gasteiger partial charge in [-0.05, 0) is 12.8 Å². The second kappa shape index (κ2) is 3.62. The number of nitrogens with zero attached hydrogens (tertiary/aromatic N) is 3. The van der Waals surface area contributed by atoms with Crippen LogP contribution in [0.15, 0.2) is 6.33 Å². The molecule has 3 rings (SSSR count). The molecule has 0 aromatic carbocycles. The lowest BCUT2D eigenvalue weighted by atomic mass is 10.2. The largest absolute Gasteiger partial charge is 0.382 e. The highest BCUT2D eigenvalue weighted by atomic mass is 15.2. The molecular weight excluding hydrogens is 204 g/mol. The molecule has 1 aliphatic carbocycles. The Morgan fingerprint density at radius 2 is 2.12 bits per heavy atom. The Labute approximate surface area is 92.7 Å². The summed E-state index contributed by atoms with van der Waals surface area (Å²) in [5.41, 5.74) is 7.14. The fraction of sp³-hybridized carbons (Fsp3) is 0.500. The van der Waals surface area contributed by atoms with Crippen molar-refractivity contribution in [2.75, 3.05) is 11.1 Å². The van der Waals surface area contributed by atoms with Crippen molar-refractivity contribution < 1.29 is 0 Å². The first kappa shape index (κ1) is 9.38. The molecule has 4 N–H and O–H groups in total. The minimum atomic E-state index is 0.447. The number of anilines is 2. The van der Waals surface area contributed by atoms with Crippen LogP contribution in [0.4, 0.5) is 11.8 Å². The van der Waals surface area contributed by atoms with Gasteiger partial charge >= 0.3 is 0 Å². The predicted molar refractivity (Wildman–Crippen MR) is 62.0 cm³/mol. The van der Waals surface area contributed by atoms with Crippen LogP contribution in [-0.4, -0.2) is 26.0 Å². The Hall–Kier alpha value is -1.85. The Bertz CT molecular complexity index is 499. The molecule has 84 valence electrons. The molecular formula is C10H14N6. The highest BCUT2D eigenvalue weighted by molar-refractivity contribution is 5.82. The van der Waals surface area contributed by atoms with E-state index in [1.165, 1.54) is 25.7 Å². The van der Waals surface area contributed by atoms with Gasteiger partial charge in [0.1, 0.15) is 5.52 Å². The van der Waals surface area contributed by atoms with Crippen molar-refractivity contribution in [2.24, 2.45) is 0 Å². The van der Waals surface area contributed by atoms with Gasteiger partial charge in [0.15, 0.2) is 11.5 Å². The van der Waals surface area contributed by atoms with Crippen LogP contribution in [0.25, 0.3) is 11.2 Å². The number of nitrogen functional groups attached to an aromatic ring is 1. The van der Waals surface area contributed by atoms with Gasteiger partial charge in [0.05, 0.1) is 6.33 Å². The summed E-state index contributed by atoms with van der Waals surface area (Å²) in [4.78, 5) is 15.5. The van der Waals surface area contributed by atoms with Crippen LogP contribution in [0.5, 0.6) is 0 Å². The number of imidazole rings is 1. The zero-order valence-corrected chi connectivity index (χ0v) is 8.90. The van der Waals surface area contributed by atoms with Gasteiger partial charge in [0.2, 0.25) is 5.95 Å². The van der Waals surface area contributed by atoms with Gasteiger partial charge in [0, 0.05) is 6.04 Å². The van der Waals surface area contributed by atoms with Crippen LogP contribution < -0.4 is 11.1 Å². The number of hydrogen-bond donors (Lipinski definition) is 3. The van der Waals surface area contributed by atoms with Crippen molar-refractivity contribution in [1.29, 1.82) is 0 Å². The van der Waals surface area contributed by atoms with Gasteiger partial charge in [-0.15, -0.1) is 0 Å². The summed E-state index contributed by atoms with van der Waals surface area (Å²) in [6, 6.07) is 0.482. The smallest absolute Gasteiger partial charge is 0.227 e. The molecule has 0 saturated heterocycles. The summed E-state index contributed by atoms with van der Waals surface area (Å²) < 4.78 is 0. The SMILES string of the molecule is Nc1nc(NC2CCCC2)nc2nc[nH]c12. The number of hydrogen-bond acceptors (Lipinski definition) is 5. The maximum atomic E-state index is 5.81. The molecule has 1 fully saturated rings. The molecule has 1 aliphatic rings. The first-order valence-corrected chi connectivity index (χ1v) is 5.56. The number of rotatable bonds is 2. The minimum absolute atomic E-state index is 0.447. The third-order valence-electron chi connectivity index (χ3n) is 3.00. The second-order valence-corrected chi connectivity index (χ2v) is 4.16. The van der Waals surface area contributed by atoms with Gasteiger partial charge in [-0.1, -0.05) is 12.8 Å². The first-order chi connectivity index (χ1) is 7.83. The number of H-pyrrole nitrogens is 1. The molecule has 16 heavy (non-hydrogen) atoms. The molecule has 0 bridgehead atoms. The summed E-state index contributed by atoms with van der Waals surface area (Å²) in [5.74, 6) is 1.03. The van der Waals surface area contributed by atoms with E-state index in [2.05, 4.69) is 25.3 Å². The molecule has 0 aliphatic heterocycles. The van der Waals surface area contributed by atoms with E-state index in [1.54, 1.807) is 6.33 Å². The lowest BCUT2D eigenvalue weighted by Crippen LogP contribution is -2.17. The summed E-state index contributed by atoms with van der Waals surface area (Å²) in [5, 5.41) is 3.31. The Kier molecular flexibility index (Phi) is 2.12. The first-order valence-electron chi connectivity index (χ1n) is 5.56. The number of nitrogens with two attached hydrogens (primary N) is 1. The molecule has 0 spiro atoms. The van der Waals surface area contributed by atoms with Crippen molar-refractivity contribution in [3.8, 4) is 0 Å². The van der Waals surface area contributed by atoms with E-state index in [-0.39, 0.29) is 0 Å². The van der Waals surface area contributed by atoms with Crippen LogP contribution in [0.1, 0.15) is 25.7 Å². The van der Waals surface area contributed by atoms with E-state index < -0.39 is 0 Å². The predicted octanol–water partition coefficient (Wildman–Crippen LogP) is 1.29. The van der Waals surface area contributed by atoms with Crippen LogP contribution >= 0.6 is 0 Å². The van der Waals surface area contributed by atoms with Gasteiger partial charge in [0.25, 0.3) is 0 Å². The highest BCUT2D eigenvalue weighted by Gasteiger charge is 2.16. The van der Waals surface area contributed by atoms with Crippen molar-refractivity contribution in [3.05, 3.63) is 6.33 Å². The molecule has 6 nitrogen and oxygen atoms in total. The maximum Gasteiger partial charge on any atom is 0.227 e. The fourth-order valence-electron chi connectivity index (χ4n) is 2.17. The van der Waals surface area contributed by atoms with E-state index in [1.807, 2.05) is 0 Å². The molecule has 0 unspecified atom stereocenters. The Balaban J connectivity index is 1.91. The Morgan fingerprint density at radius 1 is 1.31 bits per heavy atom. The average Bonchev–Trinajstić information content (AvgIpc) is 2.87. The molecule has 2 aromatic heterocycles. The average molecular weight is 218 g/mol. The van der Waals surface area contributed by atoms with Gasteiger partial charge in [-0.25, -0.2) is 4.98 Å². The zero-order valence-electron chi connectivity index (χ0n) is 8.90. The summed E-state index contributed by atoms with van der Waals surface area (Å²) in [7, 11) is 0. The van der Waals surface area contributed by atoms with E-state index in [0.29, 0.717) is 29.0 Å². The molecule has 6 heteroatoms. The number of nitrogens with one attached hydrogen (secondary N) is 2. The van der Waals surface area contributed by atoms with Crippen molar-refractivity contribution in [1.82, 2.24) is 19.9 Å². The van der Waals surface area contributed by atoms with Crippen molar-refractivity contribution in [3.63, 3.8) is 0 Å². The summed E-state index contributed by atoms with van der Waals surface area (Å²) in [6.07, 6.45) is 6.49. The lowest BCUT2D eigenvalue weighted by molar-refractivity contribution is 0.745. The topological polar surface area (TPSA) is 92.5 Å². The van der Waals surface area contributed by atoms with Gasteiger partial charge < -0.3 is 16.0 Å². The van der Waals surface area contributed by atoms with Gasteiger partial charge in [-0.2, -0.15) is 9.97 Å². The normalized spacial score (nSPS) is 17.0. The van der Waals surface area contributed by atoms with E-state index >= 15 is 0 Å². The van der Waals surface area contributed by atoms with E-state index in [0.717, 1.165) is 0 Å². The highest BCUT2D eigenvalue weighted by Crippen LogP contribution is 2.22. The van der Waals surface area contributed by atoms with E-state index in [4.69, 9.17) is 5.73 Å². The summed E-state index contributed by atoms with van der Waals surface area (Å²) >= 11 is 0. The zero-order chi connectivity index (χ0) is 11.0. The van der Waals surface area contributed by atoms with Crippen LogP contribution in [-0.2, 0) is 0 Å². The van der Waals surface area contributed by atoms with Crippen molar-refractivity contribution >= 4 is 22.9 Å². The fourth-order valence-corrected chi connectivity index (χ4v) is 2.17. The number of aromatic amines is 1. The Morgan fingerprint density at radius 3 is 2.94 bits per heavy atom. The monoisotopic (exact) mass is 218 g/mol. The summed E-state index contributed by atoms with van der Waals surface area (Å²) in [6.45, 7) is 0. The number of aromatic nitrogens is 4. The van der Waals surface area contributed by atoms with Gasteiger partial charge in [-0.3, -0.25) is 0 Å².